The zero-order valence-corrected chi connectivity index (χ0v) is 15.3. The van der Waals surface area contributed by atoms with Crippen molar-refractivity contribution in [2.24, 2.45) is 0 Å². The number of nitrogens with zero attached hydrogens (tertiary/aromatic N) is 7. The van der Waals surface area contributed by atoms with Crippen molar-refractivity contribution in [2.75, 3.05) is 27.2 Å². The zero-order chi connectivity index (χ0) is 18.3. The zero-order valence-electron chi connectivity index (χ0n) is 15.3. The minimum Gasteiger partial charge on any atom is -0.385 e. The highest BCUT2D eigenvalue weighted by Crippen LogP contribution is 2.21. The van der Waals surface area contributed by atoms with Crippen molar-refractivity contribution in [2.45, 2.75) is 45.0 Å². The molecule has 4 heterocycles. The van der Waals surface area contributed by atoms with Gasteiger partial charge in [0.25, 0.3) is 5.91 Å². The predicted octanol–water partition coefficient (Wildman–Crippen LogP) is 0.0619. The van der Waals surface area contributed by atoms with Gasteiger partial charge in [0.15, 0.2) is 0 Å². The Morgan fingerprint density at radius 2 is 2.12 bits per heavy atom. The first kappa shape index (κ1) is 17.2. The van der Waals surface area contributed by atoms with E-state index in [1.54, 1.807) is 4.90 Å². The largest absolute Gasteiger partial charge is 0.385 e. The van der Waals surface area contributed by atoms with Crippen molar-refractivity contribution in [3.63, 3.8) is 0 Å². The highest BCUT2D eigenvalue weighted by molar-refractivity contribution is 5.90. The van der Waals surface area contributed by atoms with Crippen LogP contribution in [0.2, 0.25) is 0 Å². The number of aryl methyl sites for hydroxylation is 1. The Morgan fingerprint density at radius 1 is 1.27 bits per heavy atom. The summed E-state index contributed by atoms with van der Waals surface area (Å²) in [7, 11) is 3.83. The van der Waals surface area contributed by atoms with Crippen LogP contribution in [0.3, 0.4) is 0 Å². The van der Waals surface area contributed by atoms with E-state index in [2.05, 4.69) is 15.3 Å². The van der Waals surface area contributed by atoms with Crippen molar-refractivity contribution in [3.8, 4) is 0 Å². The van der Waals surface area contributed by atoms with Crippen molar-refractivity contribution in [1.29, 1.82) is 0 Å². The summed E-state index contributed by atoms with van der Waals surface area (Å²) < 4.78 is 3.85. The molecule has 2 aliphatic rings. The summed E-state index contributed by atoms with van der Waals surface area (Å²) >= 11 is 0. The van der Waals surface area contributed by atoms with Gasteiger partial charge in [-0.1, -0.05) is 0 Å². The van der Waals surface area contributed by atoms with Gasteiger partial charge >= 0.3 is 0 Å². The lowest BCUT2D eigenvalue weighted by molar-refractivity contribution is 0.0686. The molecule has 9 heteroatoms. The number of carbonyl (C=O) groups is 1. The minimum atomic E-state index is -0.629. The first-order valence-electron chi connectivity index (χ1n) is 9.13. The van der Waals surface area contributed by atoms with Gasteiger partial charge in [0.05, 0.1) is 24.5 Å². The summed E-state index contributed by atoms with van der Waals surface area (Å²) in [6.45, 7) is 3.01. The van der Waals surface area contributed by atoms with Crippen molar-refractivity contribution in [1.82, 2.24) is 34.3 Å². The molecular formula is C17H25N7O2. The van der Waals surface area contributed by atoms with Crippen LogP contribution in [0.1, 0.15) is 46.8 Å². The summed E-state index contributed by atoms with van der Waals surface area (Å²) in [5.41, 5.74) is 1.60. The molecule has 2 aromatic heterocycles. The summed E-state index contributed by atoms with van der Waals surface area (Å²) in [6, 6.07) is 1.90. The molecule has 0 saturated carbocycles. The quantitative estimate of drug-likeness (QED) is 0.830. The lowest BCUT2D eigenvalue weighted by Crippen LogP contribution is -2.39. The fraction of sp³-hybridized carbons (Fsp3) is 0.647. The highest BCUT2D eigenvalue weighted by atomic mass is 16.3. The van der Waals surface area contributed by atoms with E-state index in [4.69, 9.17) is 0 Å². The summed E-state index contributed by atoms with van der Waals surface area (Å²) in [5.74, 6) is 1.28. The third kappa shape index (κ3) is 3.12. The van der Waals surface area contributed by atoms with Crippen LogP contribution in [0, 0.1) is 0 Å². The van der Waals surface area contributed by atoms with Gasteiger partial charge in [0.2, 0.25) is 5.82 Å². The molecule has 1 unspecified atom stereocenters. The van der Waals surface area contributed by atoms with E-state index < -0.39 is 6.10 Å². The smallest absolute Gasteiger partial charge is 0.292 e. The van der Waals surface area contributed by atoms with Crippen LogP contribution in [0.15, 0.2) is 6.07 Å². The molecule has 26 heavy (non-hydrogen) atoms. The van der Waals surface area contributed by atoms with E-state index in [1.807, 2.05) is 34.3 Å². The molecule has 0 spiro atoms. The monoisotopic (exact) mass is 359 g/mol. The van der Waals surface area contributed by atoms with Crippen LogP contribution in [0.25, 0.3) is 0 Å². The Labute approximate surface area is 152 Å². The number of likely N-dealkylation sites (N-methyl/N-ethyl adjacent to an activating group) is 1. The van der Waals surface area contributed by atoms with Gasteiger partial charge in [-0.3, -0.25) is 9.48 Å². The van der Waals surface area contributed by atoms with Gasteiger partial charge in [-0.25, -0.2) is 0 Å². The number of hydrogen-bond acceptors (Lipinski definition) is 6. The molecule has 4 rings (SSSR count). The first-order chi connectivity index (χ1) is 12.5. The molecule has 140 valence electrons. The molecule has 0 radical (unpaired) electrons. The molecule has 1 N–H and O–H groups in total. The lowest BCUT2D eigenvalue weighted by Gasteiger charge is -2.27. The number of aliphatic hydroxyl groups is 1. The highest BCUT2D eigenvalue weighted by Gasteiger charge is 2.29. The van der Waals surface area contributed by atoms with Crippen molar-refractivity contribution < 1.29 is 9.90 Å². The molecule has 2 aromatic rings. The Hall–Kier alpha value is -2.26. The molecule has 9 nitrogen and oxygen atoms in total. The number of rotatable bonds is 4. The van der Waals surface area contributed by atoms with Crippen LogP contribution in [0.5, 0.6) is 0 Å². The molecule has 0 saturated heterocycles. The molecule has 0 fully saturated rings. The van der Waals surface area contributed by atoms with Crippen molar-refractivity contribution in [3.05, 3.63) is 29.1 Å². The Balaban J connectivity index is 1.50. The molecule has 1 atom stereocenters. The Bertz CT molecular complexity index is 810. The molecule has 0 aromatic carbocycles. The van der Waals surface area contributed by atoms with Crippen LogP contribution in [0.4, 0.5) is 0 Å². The van der Waals surface area contributed by atoms with Crippen LogP contribution >= 0.6 is 0 Å². The van der Waals surface area contributed by atoms with E-state index >= 15 is 0 Å². The number of aliphatic hydroxyl groups excluding tert-OH is 1. The number of hydrogen-bond donors (Lipinski definition) is 1. The standard InChI is InChI=1S/C17H25N7O2/c1-21(2)11-14(25)13-9-12-10-22(7-8-24(12)20-13)17(26)16-19-18-15-5-3-4-6-23(15)16/h9,14,25H,3-8,10-11H2,1-2H3. The van der Waals surface area contributed by atoms with Gasteiger partial charge in [0.1, 0.15) is 11.9 Å². The number of carbonyl (C=O) groups excluding carboxylic acids is 1. The fourth-order valence-corrected chi connectivity index (χ4v) is 3.67. The SMILES string of the molecule is CN(C)CC(O)c1cc2n(n1)CCN(C(=O)c1nnc3n1CCCC3)C2. The normalized spacial score (nSPS) is 17.9. The molecule has 2 aliphatic heterocycles. The Kier molecular flexibility index (Phi) is 4.49. The number of aromatic nitrogens is 5. The molecule has 1 amide bonds. The van der Waals surface area contributed by atoms with E-state index in [-0.39, 0.29) is 5.91 Å². The maximum Gasteiger partial charge on any atom is 0.292 e. The number of amides is 1. The minimum absolute atomic E-state index is 0.0755. The average Bonchev–Trinajstić information content (AvgIpc) is 3.24. The number of fused-ring (bicyclic) bond motifs is 2. The van der Waals surface area contributed by atoms with E-state index in [0.29, 0.717) is 37.7 Å². The maximum atomic E-state index is 12.9. The second-order valence-corrected chi connectivity index (χ2v) is 7.34. The third-order valence-electron chi connectivity index (χ3n) is 5.03. The summed E-state index contributed by atoms with van der Waals surface area (Å²) in [4.78, 5) is 16.7. The van der Waals surface area contributed by atoms with E-state index in [1.165, 1.54) is 0 Å². The van der Waals surface area contributed by atoms with Gasteiger partial charge in [-0.2, -0.15) is 5.10 Å². The third-order valence-corrected chi connectivity index (χ3v) is 5.03. The van der Waals surface area contributed by atoms with Gasteiger partial charge in [0, 0.05) is 26.1 Å². The topological polar surface area (TPSA) is 92.3 Å². The maximum absolute atomic E-state index is 12.9. The van der Waals surface area contributed by atoms with Crippen LogP contribution in [-0.2, 0) is 26.1 Å². The van der Waals surface area contributed by atoms with Gasteiger partial charge < -0.3 is 19.5 Å². The molecule has 0 aliphatic carbocycles. The lowest BCUT2D eigenvalue weighted by atomic mass is 10.1. The van der Waals surface area contributed by atoms with E-state index in [0.717, 1.165) is 37.3 Å². The van der Waals surface area contributed by atoms with Crippen molar-refractivity contribution >= 4 is 5.91 Å². The summed E-state index contributed by atoms with van der Waals surface area (Å²) in [6.07, 6.45) is 2.43. The Morgan fingerprint density at radius 3 is 2.92 bits per heavy atom. The first-order valence-corrected chi connectivity index (χ1v) is 9.13. The van der Waals surface area contributed by atoms with Crippen LogP contribution in [-0.4, -0.2) is 72.5 Å². The fourth-order valence-electron chi connectivity index (χ4n) is 3.67. The second-order valence-electron chi connectivity index (χ2n) is 7.34. The van der Waals surface area contributed by atoms with Gasteiger partial charge in [-0.05, 0) is 33.0 Å². The summed E-state index contributed by atoms with van der Waals surface area (Å²) in [5, 5.41) is 23.1. The molecule has 0 bridgehead atoms. The van der Waals surface area contributed by atoms with Crippen LogP contribution < -0.4 is 0 Å². The molecular weight excluding hydrogens is 334 g/mol. The van der Waals surface area contributed by atoms with Gasteiger partial charge in [-0.15, -0.1) is 10.2 Å². The van der Waals surface area contributed by atoms with E-state index in [9.17, 15) is 9.90 Å². The predicted molar refractivity (Wildman–Crippen MR) is 93.4 cm³/mol. The second kappa shape index (κ2) is 6.81. The average molecular weight is 359 g/mol.